The van der Waals surface area contributed by atoms with Crippen LogP contribution in [0.3, 0.4) is 0 Å². The first-order valence-corrected chi connectivity index (χ1v) is 8.17. The number of nitrogens with one attached hydrogen (secondary N) is 1. The number of aromatic carboxylic acids is 1. The second-order valence-electron chi connectivity index (χ2n) is 6.98. The number of carbonyl (C=O) groups is 2. The van der Waals surface area contributed by atoms with Crippen molar-refractivity contribution in [1.82, 2.24) is 5.32 Å². The molecule has 9 nitrogen and oxygen atoms in total. The van der Waals surface area contributed by atoms with Gasteiger partial charge in [0.15, 0.2) is 0 Å². The Kier molecular flexibility index (Phi) is 6.93. The maximum Gasteiger partial charge on any atom is 0.407 e. The normalized spacial score (nSPS) is 11.2. The molecule has 0 saturated carbocycles. The van der Waals surface area contributed by atoms with E-state index in [0.29, 0.717) is 0 Å². The van der Waals surface area contributed by atoms with E-state index in [1.165, 1.54) is 12.1 Å². The van der Waals surface area contributed by atoms with Gasteiger partial charge in [0, 0.05) is 31.3 Å². The van der Waals surface area contributed by atoms with Gasteiger partial charge in [-0.15, -0.1) is 0 Å². The Morgan fingerprint density at radius 1 is 1.35 bits per heavy atom. The number of ether oxygens (including phenoxy) is 1. The number of benzene rings is 1. The summed E-state index contributed by atoms with van der Waals surface area (Å²) in [6.45, 7) is 9.35. The van der Waals surface area contributed by atoms with Crippen LogP contribution in [0.25, 0.3) is 0 Å². The van der Waals surface area contributed by atoms with Gasteiger partial charge in [-0.1, -0.05) is 0 Å². The van der Waals surface area contributed by atoms with E-state index in [1.54, 1.807) is 25.7 Å². The predicted octanol–water partition coefficient (Wildman–Crippen LogP) is 3.03. The summed E-state index contributed by atoms with van der Waals surface area (Å²) < 4.78 is 5.15. The summed E-state index contributed by atoms with van der Waals surface area (Å²) in [6.07, 6.45) is -0.585. The van der Waals surface area contributed by atoms with Gasteiger partial charge >= 0.3 is 12.1 Å². The van der Waals surface area contributed by atoms with Crippen LogP contribution in [0.15, 0.2) is 18.2 Å². The summed E-state index contributed by atoms with van der Waals surface area (Å²) in [5.74, 6) is -1.18. The van der Waals surface area contributed by atoms with Gasteiger partial charge in [0.05, 0.1) is 16.2 Å². The highest BCUT2D eigenvalue weighted by molar-refractivity contribution is 5.95. The van der Waals surface area contributed by atoms with E-state index < -0.39 is 22.6 Å². The van der Waals surface area contributed by atoms with Gasteiger partial charge in [0.25, 0.3) is 5.69 Å². The number of carboxylic acids is 1. The molecule has 0 aliphatic rings. The second kappa shape index (κ2) is 8.50. The number of nitrogens with zero attached hydrogens (tertiary/aromatic N) is 2. The maximum absolute atomic E-state index is 11.7. The first-order valence-electron chi connectivity index (χ1n) is 8.17. The lowest BCUT2D eigenvalue weighted by Crippen LogP contribution is -2.41. The van der Waals surface area contributed by atoms with Crippen molar-refractivity contribution in [2.45, 2.75) is 46.3 Å². The topological polar surface area (TPSA) is 122 Å². The molecule has 9 heteroatoms. The van der Waals surface area contributed by atoms with E-state index in [9.17, 15) is 24.8 Å². The maximum atomic E-state index is 11.7. The fraction of sp³-hybridized carbons (Fsp3) is 0.529. The highest BCUT2D eigenvalue weighted by Crippen LogP contribution is 2.27. The molecule has 0 aliphatic heterocycles. The fourth-order valence-electron chi connectivity index (χ4n) is 2.30. The molecule has 0 bridgehead atoms. The van der Waals surface area contributed by atoms with Gasteiger partial charge < -0.3 is 20.1 Å². The minimum atomic E-state index is -1.18. The average molecular weight is 367 g/mol. The van der Waals surface area contributed by atoms with Crippen molar-refractivity contribution in [3.05, 3.63) is 33.9 Å². The van der Waals surface area contributed by atoms with E-state index in [0.717, 1.165) is 6.07 Å². The zero-order chi connectivity index (χ0) is 20.1. The number of carbonyl (C=O) groups excluding carboxylic acids is 1. The Morgan fingerprint density at radius 3 is 2.42 bits per heavy atom. The monoisotopic (exact) mass is 367 g/mol. The van der Waals surface area contributed by atoms with E-state index in [4.69, 9.17) is 4.74 Å². The van der Waals surface area contributed by atoms with Gasteiger partial charge in [0.1, 0.15) is 5.60 Å². The number of alkyl carbamates (subject to hydrolysis) is 1. The highest BCUT2D eigenvalue weighted by Gasteiger charge is 2.22. The molecule has 1 aromatic carbocycles. The lowest BCUT2D eigenvalue weighted by atomic mass is 10.1. The highest BCUT2D eigenvalue weighted by atomic mass is 16.6. The molecule has 0 aromatic heterocycles. The van der Waals surface area contributed by atoms with Gasteiger partial charge in [-0.05, 0) is 40.7 Å². The molecule has 1 rings (SSSR count). The van der Waals surface area contributed by atoms with Crippen molar-refractivity contribution in [3.63, 3.8) is 0 Å². The SMILES string of the molecule is CC(C)N(CCNC(=O)OC(C)(C)C)c1cc([N+](=O)[O-])ccc1C(=O)O. The van der Waals surface area contributed by atoms with Crippen LogP contribution in [0.4, 0.5) is 16.2 Å². The Morgan fingerprint density at radius 2 is 1.96 bits per heavy atom. The first-order chi connectivity index (χ1) is 11.9. The molecule has 0 aliphatic carbocycles. The summed E-state index contributed by atoms with van der Waals surface area (Å²) in [5, 5.41) is 23.0. The number of amides is 1. The second-order valence-corrected chi connectivity index (χ2v) is 6.98. The summed E-state index contributed by atoms with van der Waals surface area (Å²) in [6, 6.07) is 3.46. The van der Waals surface area contributed by atoms with Crippen molar-refractivity contribution >= 4 is 23.4 Å². The van der Waals surface area contributed by atoms with Crippen molar-refractivity contribution in [3.8, 4) is 0 Å². The van der Waals surface area contributed by atoms with E-state index in [-0.39, 0.29) is 36.1 Å². The molecule has 0 spiro atoms. The minimum Gasteiger partial charge on any atom is -0.478 e. The molecule has 2 N–H and O–H groups in total. The standard InChI is InChI=1S/C17H25N3O6/c1-11(2)19(9-8-18-16(23)26-17(3,4)5)14-10-12(20(24)25)6-7-13(14)15(21)22/h6-7,10-11H,8-9H2,1-5H3,(H,18,23)(H,21,22). The van der Waals surface area contributed by atoms with Crippen LogP contribution in [-0.2, 0) is 4.74 Å². The van der Waals surface area contributed by atoms with E-state index in [1.807, 2.05) is 13.8 Å². The Hall–Kier alpha value is -2.84. The minimum absolute atomic E-state index is 0.0402. The molecule has 1 aromatic rings. The fourth-order valence-corrected chi connectivity index (χ4v) is 2.30. The summed E-state index contributed by atoms with van der Waals surface area (Å²) in [7, 11) is 0. The van der Waals surface area contributed by atoms with E-state index in [2.05, 4.69) is 5.32 Å². The van der Waals surface area contributed by atoms with Crippen molar-refractivity contribution in [2.75, 3.05) is 18.0 Å². The molecule has 0 radical (unpaired) electrons. The van der Waals surface area contributed by atoms with Crippen LogP contribution >= 0.6 is 0 Å². The largest absolute Gasteiger partial charge is 0.478 e. The van der Waals surface area contributed by atoms with Crippen LogP contribution in [0.5, 0.6) is 0 Å². The zero-order valence-corrected chi connectivity index (χ0v) is 15.6. The predicted molar refractivity (Wildman–Crippen MR) is 96.8 cm³/mol. The summed E-state index contributed by atoms with van der Waals surface area (Å²) in [5.41, 5.74) is -0.636. The summed E-state index contributed by atoms with van der Waals surface area (Å²) in [4.78, 5) is 35.4. The van der Waals surface area contributed by atoms with Crippen LogP contribution in [0, 0.1) is 10.1 Å². The van der Waals surface area contributed by atoms with Gasteiger partial charge in [0.2, 0.25) is 0 Å². The van der Waals surface area contributed by atoms with Crippen molar-refractivity contribution < 1.29 is 24.4 Å². The lowest BCUT2D eigenvalue weighted by Gasteiger charge is -2.30. The zero-order valence-electron chi connectivity index (χ0n) is 15.6. The summed E-state index contributed by atoms with van der Waals surface area (Å²) >= 11 is 0. The number of rotatable bonds is 7. The number of nitro benzene ring substituents is 1. The molecule has 0 fully saturated rings. The smallest absolute Gasteiger partial charge is 0.407 e. The third-order valence-corrected chi connectivity index (χ3v) is 3.38. The number of nitro groups is 1. The van der Waals surface area contributed by atoms with Crippen LogP contribution < -0.4 is 10.2 Å². The Bertz CT molecular complexity index is 682. The first kappa shape index (κ1) is 21.2. The van der Waals surface area contributed by atoms with Crippen molar-refractivity contribution in [2.24, 2.45) is 0 Å². The molecule has 0 heterocycles. The average Bonchev–Trinajstić information content (AvgIpc) is 2.48. The van der Waals surface area contributed by atoms with Gasteiger partial charge in [-0.2, -0.15) is 0 Å². The van der Waals surface area contributed by atoms with E-state index >= 15 is 0 Å². The van der Waals surface area contributed by atoms with Crippen molar-refractivity contribution in [1.29, 1.82) is 0 Å². The third kappa shape index (κ3) is 6.23. The number of non-ortho nitro benzene ring substituents is 1. The lowest BCUT2D eigenvalue weighted by molar-refractivity contribution is -0.384. The van der Waals surface area contributed by atoms with Crippen LogP contribution in [0.1, 0.15) is 45.0 Å². The van der Waals surface area contributed by atoms with Gasteiger partial charge in [-0.3, -0.25) is 10.1 Å². The van der Waals surface area contributed by atoms with Gasteiger partial charge in [-0.25, -0.2) is 9.59 Å². The molecule has 26 heavy (non-hydrogen) atoms. The molecule has 144 valence electrons. The quantitative estimate of drug-likeness (QED) is 0.561. The Labute approximate surface area is 152 Å². The molecular formula is C17H25N3O6. The molecule has 0 atom stereocenters. The molecule has 0 unspecified atom stereocenters. The third-order valence-electron chi connectivity index (χ3n) is 3.38. The number of hydrogen-bond donors (Lipinski definition) is 2. The Balaban J connectivity index is 2.99. The molecule has 0 saturated heterocycles. The molecular weight excluding hydrogens is 342 g/mol. The molecule has 1 amide bonds. The number of carboxylic acid groups (broad SMARTS) is 1. The number of anilines is 1. The van der Waals surface area contributed by atoms with Crippen LogP contribution in [0.2, 0.25) is 0 Å². The number of hydrogen-bond acceptors (Lipinski definition) is 6. The van der Waals surface area contributed by atoms with Crippen LogP contribution in [-0.4, -0.2) is 46.8 Å².